The van der Waals surface area contributed by atoms with Gasteiger partial charge in [0.1, 0.15) is 0 Å². The van der Waals surface area contributed by atoms with Crippen LogP contribution in [0.15, 0.2) is 0 Å². The van der Waals surface area contributed by atoms with Crippen molar-refractivity contribution in [3.05, 3.63) is 17.0 Å². The fraction of sp³-hybridized carbons (Fsp3) is 0.750. The van der Waals surface area contributed by atoms with Gasteiger partial charge in [0.25, 0.3) is 0 Å². The van der Waals surface area contributed by atoms with Crippen molar-refractivity contribution in [2.75, 3.05) is 13.1 Å². The third kappa shape index (κ3) is 3.06. The molecule has 0 bridgehead atoms. The second kappa shape index (κ2) is 6.01. The Balaban J connectivity index is 2.55. The van der Waals surface area contributed by atoms with E-state index >= 15 is 0 Å². The molecule has 0 amide bonds. The van der Waals surface area contributed by atoms with Gasteiger partial charge in [-0.1, -0.05) is 0 Å². The topological polar surface area (TPSA) is 55.9 Å². The molecule has 1 heterocycles. The highest BCUT2D eigenvalue weighted by molar-refractivity contribution is 5.27. The van der Waals surface area contributed by atoms with Crippen molar-refractivity contribution in [2.24, 2.45) is 12.8 Å². The Kier molecular flexibility index (Phi) is 4.96. The normalized spacial score (nSPS) is 13.1. The summed E-state index contributed by atoms with van der Waals surface area (Å²) in [5, 5.41) is 7.95. The molecular formula is C12H24N4. The standard InChI is InChI=1S/C12H24N4/c1-9(14-8-6-5-7-13)12-10(2)15-16(4)11(12)3/h9,14H,5-8,13H2,1-4H3. The summed E-state index contributed by atoms with van der Waals surface area (Å²) in [7, 11) is 1.99. The van der Waals surface area contributed by atoms with Gasteiger partial charge in [0, 0.05) is 24.3 Å². The van der Waals surface area contributed by atoms with Crippen LogP contribution in [0.2, 0.25) is 0 Å². The molecule has 3 N–H and O–H groups in total. The Bertz CT molecular complexity index is 330. The minimum absolute atomic E-state index is 0.367. The van der Waals surface area contributed by atoms with Crippen molar-refractivity contribution in [3.63, 3.8) is 0 Å². The Morgan fingerprint density at radius 1 is 1.38 bits per heavy atom. The average Bonchev–Trinajstić information content (AvgIpc) is 2.48. The van der Waals surface area contributed by atoms with Crippen LogP contribution in [0.5, 0.6) is 0 Å². The van der Waals surface area contributed by atoms with E-state index in [1.165, 1.54) is 11.3 Å². The first-order valence-corrected chi connectivity index (χ1v) is 6.01. The number of aryl methyl sites for hydroxylation is 2. The second-order valence-electron chi connectivity index (χ2n) is 4.38. The molecule has 0 aliphatic heterocycles. The summed E-state index contributed by atoms with van der Waals surface area (Å²) in [6, 6.07) is 0.367. The van der Waals surface area contributed by atoms with E-state index in [1.807, 2.05) is 11.7 Å². The van der Waals surface area contributed by atoms with Gasteiger partial charge in [0.15, 0.2) is 0 Å². The molecule has 0 fully saturated rings. The van der Waals surface area contributed by atoms with Crippen LogP contribution >= 0.6 is 0 Å². The molecule has 92 valence electrons. The van der Waals surface area contributed by atoms with Gasteiger partial charge in [-0.3, -0.25) is 4.68 Å². The number of rotatable bonds is 6. The van der Waals surface area contributed by atoms with Crippen LogP contribution in [0.1, 0.15) is 42.8 Å². The first-order chi connectivity index (χ1) is 7.57. The van der Waals surface area contributed by atoms with Gasteiger partial charge in [0.05, 0.1) is 5.69 Å². The maximum absolute atomic E-state index is 5.47. The number of unbranched alkanes of at least 4 members (excludes halogenated alkanes) is 1. The SMILES string of the molecule is Cc1nn(C)c(C)c1C(C)NCCCCN. The molecule has 0 saturated heterocycles. The van der Waals surface area contributed by atoms with E-state index in [9.17, 15) is 0 Å². The predicted molar refractivity (Wildman–Crippen MR) is 67.4 cm³/mol. The maximum atomic E-state index is 5.47. The molecule has 0 aliphatic carbocycles. The molecule has 1 aromatic rings. The molecule has 1 rings (SSSR count). The zero-order valence-electron chi connectivity index (χ0n) is 10.9. The van der Waals surface area contributed by atoms with Crippen LogP contribution in [0.4, 0.5) is 0 Å². The van der Waals surface area contributed by atoms with Crippen LogP contribution in [-0.4, -0.2) is 22.9 Å². The molecule has 1 aromatic heterocycles. The van der Waals surface area contributed by atoms with E-state index in [2.05, 4.69) is 31.2 Å². The first-order valence-electron chi connectivity index (χ1n) is 6.01. The molecule has 4 heteroatoms. The summed E-state index contributed by atoms with van der Waals surface area (Å²) < 4.78 is 1.95. The van der Waals surface area contributed by atoms with Crippen molar-refractivity contribution >= 4 is 0 Å². The van der Waals surface area contributed by atoms with Crippen LogP contribution < -0.4 is 11.1 Å². The van der Waals surface area contributed by atoms with E-state index in [0.717, 1.165) is 31.6 Å². The molecule has 0 aliphatic rings. The first kappa shape index (κ1) is 13.2. The van der Waals surface area contributed by atoms with Crippen molar-refractivity contribution < 1.29 is 0 Å². The minimum atomic E-state index is 0.367. The van der Waals surface area contributed by atoms with Crippen LogP contribution in [0.3, 0.4) is 0 Å². The van der Waals surface area contributed by atoms with Gasteiger partial charge in [-0.05, 0) is 46.7 Å². The largest absolute Gasteiger partial charge is 0.330 e. The maximum Gasteiger partial charge on any atom is 0.0644 e. The van der Waals surface area contributed by atoms with Crippen LogP contribution in [0.25, 0.3) is 0 Å². The molecule has 1 unspecified atom stereocenters. The minimum Gasteiger partial charge on any atom is -0.330 e. The summed E-state index contributed by atoms with van der Waals surface area (Å²) in [6.07, 6.45) is 2.23. The van der Waals surface area contributed by atoms with E-state index in [-0.39, 0.29) is 0 Å². The quantitative estimate of drug-likeness (QED) is 0.719. The lowest BCUT2D eigenvalue weighted by Gasteiger charge is -2.14. The monoisotopic (exact) mass is 224 g/mol. The number of hydrogen-bond donors (Lipinski definition) is 2. The summed E-state index contributed by atoms with van der Waals surface area (Å²) in [4.78, 5) is 0. The average molecular weight is 224 g/mol. The third-order valence-electron chi connectivity index (χ3n) is 3.08. The number of aromatic nitrogens is 2. The van der Waals surface area contributed by atoms with Gasteiger partial charge in [-0.15, -0.1) is 0 Å². The lowest BCUT2D eigenvalue weighted by atomic mass is 10.1. The van der Waals surface area contributed by atoms with E-state index in [1.54, 1.807) is 0 Å². The Hall–Kier alpha value is -0.870. The highest BCUT2D eigenvalue weighted by Gasteiger charge is 2.15. The van der Waals surface area contributed by atoms with E-state index in [0.29, 0.717) is 6.04 Å². The van der Waals surface area contributed by atoms with Gasteiger partial charge in [-0.25, -0.2) is 0 Å². The number of hydrogen-bond acceptors (Lipinski definition) is 3. The molecule has 0 saturated carbocycles. The lowest BCUT2D eigenvalue weighted by molar-refractivity contribution is 0.544. The second-order valence-corrected chi connectivity index (χ2v) is 4.38. The molecular weight excluding hydrogens is 200 g/mol. The Morgan fingerprint density at radius 3 is 2.56 bits per heavy atom. The van der Waals surface area contributed by atoms with E-state index < -0.39 is 0 Å². The highest BCUT2D eigenvalue weighted by atomic mass is 15.3. The van der Waals surface area contributed by atoms with Crippen molar-refractivity contribution in [2.45, 2.75) is 39.7 Å². The Labute approximate surface area is 98.2 Å². The summed E-state index contributed by atoms with van der Waals surface area (Å²) in [5.74, 6) is 0. The molecule has 4 nitrogen and oxygen atoms in total. The lowest BCUT2D eigenvalue weighted by Crippen LogP contribution is -2.21. The van der Waals surface area contributed by atoms with Gasteiger partial charge < -0.3 is 11.1 Å². The van der Waals surface area contributed by atoms with Crippen molar-refractivity contribution in [1.82, 2.24) is 15.1 Å². The van der Waals surface area contributed by atoms with Crippen LogP contribution in [-0.2, 0) is 7.05 Å². The smallest absolute Gasteiger partial charge is 0.0644 e. The van der Waals surface area contributed by atoms with Crippen LogP contribution in [0, 0.1) is 13.8 Å². The zero-order valence-corrected chi connectivity index (χ0v) is 10.9. The fourth-order valence-corrected chi connectivity index (χ4v) is 2.11. The van der Waals surface area contributed by atoms with Crippen molar-refractivity contribution in [3.8, 4) is 0 Å². The highest BCUT2D eigenvalue weighted by Crippen LogP contribution is 2.20. The number of nitrogens with one attached hydrogen (secondary N) is 1. The summed E-state index contributed by atoms with van der Waals surface area (Å²) in [5.41, 5.74) is 9.17. The van der Waals surface area contributed by atoms with Crippen molar-refractivity contribution in [1.29, 1.82) is 0 Å². The van der Waals surface area contributed by atoms with Gasteiger partial charge in [0.2, 0.25) is 0 Å². The predicted octanol–water partition coefficient (Wildman–Crippen LogP) is 1.43. The summed E-state index contributed by atoms with van der Waals surface area (Å²) >= 11 is 0. The molecule has 0 spiro atoms. The summed E-state index contributed by atoms with van der Waals surface area (Å²) in [6.45, 7) is 8.18. The number of nitrogens with zero attached hydrogens (tertiary/aromatic N) is 2. The molecule has 0 radical (unpaired) electrons. The zero-order chi connectivity index (χ0) is 12.1. The van der Waals surface area contributed by atoms with Gasteiger partial charge in [-0.2, -0.15) is 5.10 Å². The Morgan fingerprint density at radius 2 is 2.06 bits per heavy atom. The fourth-order valence-electron chi connectivity index (χ4n) is 2.11. The molecule has 0 aromatic carbocycles. The molecule has 1 atom stereocenters. The van der Waals surface area contributed by atoms with E-state index in [4.69, 9.17) is 5.73 Å². The third-order valence-corrected chi connectivity index (χ3v) is 3.08. The molecule has 16 heavy (non-hydrogen) atoms. The van der Waals surface area contributed by atoms with Gasteiger partial charge >= 0.3 is 0 Å². The number of nitrogens with two attached hydrogens (primary N) is 1.